The predicted molar refractivity (Wildman–Crippen MR) is 84.4 cm³/mol. The largest absolute Gasteiger partial charge is 0.378 e. The van der Waals surface area contributed by atoms with Gasteiger partial charge in [0, 0.05) is 37.3 Å². The zero-order chi connectivity index (χ0) is 17.5. The van der Waals surface area contributed by atoms with Crippen LogP contribution in [0.5, 0.6) is 0 Å². The highest BCUT2D eigenvalue weighted by atomic mass is 31.2. The van der Waals surface area contributed by atoms with Crippen LogP contribution in [-0.2, 0) is 18.6 Å². The number of H-pyrrole nitrogens is 1. The molecule has 3 N–H and O–H groups in total. The van der Waals surface area contributed by atoms with E-state index in [4.69, 9.17) is 14.0 Å². The minimum Gasteiger partial charge on any atom is -0.378 e. The minimum absolute atomic E-state index is 0.0606. The van der Waals surface area contributed by atoms with Gasteiger partial charge in [-0.15, -0.1) is 0 Å². The fraction of sp³-hybridized carbons (Fsp3) is 0.643. The van der Waals surface area contributed by atoms with Gasteiger partial charge in [-0.2, -0.15) is 0 Å². The number of aryl methyl sites for hydroxylation is 1. The third-order valence-electron chi connectivity index (χ3n) is 4.05. The van der Waals surface area contributed by atoms with Crippen molar-refractivity contribution in [3.8, 4) is 0 Å². The van der Waals surface area contributed by atoms with E-state index in [0.717, 1.165) is 17.6 Å². The second kappa shape index (κ2) is 6.59. The van der Waals surface area contributed by atoms with Crippen LogP contribution in [0.2, 0.25) is 0 Å². The number of nitrogens with zero attached hydrogens (tertiary/aromatic N) is 2. The molecular formula is C14H22N3O6P. The standard InChI is InChI=1S/C14H22N3O6P/c1-8-4-9-6-17(14(18)16-13(9)15-8)12-5-10(21-2)11(23-12)7-22-24(3,19)20/h4,6,10-12,14,18H,5,7H2,1-3H3,(H,15,16)(H,19,20)/t10?,11-,12-,14?/m1/s1. The molecule has 3 unspecified atom stereocenters. The number of aliphatic hydroxyl groups is 1. The zero-order valence-electron chi connectivity index (χ0n) is 13.7. The quantitative estimate of drug-likeness (QED) is 0.591. The van der Waals surface area contributed by atoms with E-state index >= 15 is 0 Å². The Balaban J connectivity index is 1.76. The third-order valence-corrected chi connectivity index (χ3v) is 4.68. The van der Waals surface area contributed by atoms with Gasteiger partial charge in [-0.1, -0.05) is 0 Å². The molecular weight excluding hydrogens is 337 g/mol. The Morgan fingerprint density at radius 1 is 1.58 bits per heavy atom. The summed E-state index contributed by atoms with van der Waals surface area (Å²) in [7, 11) is -2.05. The maximum absolute atomic E-state index is 11.3. The topological polar surface area (TPSA) is 117 Å². The van der Waals surface area contributed by atoms with Crippen molar-refractivity contribution < 1.29 is 28.6 Å². The molecule has 10 heteroatoms. The summed E-state index contributed by atoms with van der Waals surface area (Å²) < 4.78 is 27.5. The van der Waals surface area contributed by atoms with Crippen LogP contribution in [0.25, 0.3) is 6.20 Å². The number of aliphatic hydroxyl groups excluding tert-OH is 1. The lowest BCUT2D eigenvalue weighted by atomic mass is 10.2. The van der Waals surface area contributed by atoms with E-state index in [1.165, 1.54) is 0 Å². The van der Waals surface area contributed by atoms with Gasteiger partial charge < -0.3 is 33.9 Å². The van der Waals surface area contributed by atoms with Gasteiger partial charge in [0.15, 0.2) is 0 Å². The number of aromatic amines is 1. The van der Waals surface area contributed by atoms with Gasteiger partial charge in [-0.25, -0.2) is 4.99 Å². The Kier molecular flexibility index (Phi) is 4.83. The van der Waals surface area contributed by atoms with Gasteiger partial charge in [0.05, 0.1) is 12.7 Å². The van der Waals surface area contributed by atoms with Crippen LogP contribution in [0.15, 0.2) is 11.1 Å². The molecule has 1 fully saturated rings. The maximum atomic E-state index is 11.3. The lowest BCUT2D eigenvalue weighted by Crippen LogP contribution is -2.46. The highest BCUT2D eigenvalue weighted by molar-refractivity contribution is 7.51. The average molecular weight is 359 g/mol. The highest BCUT2D eigenvalue weighted by Gasteiger charge is 2.40. The summed E-state index contributed by atoms with van der Waals surface area (Å²) in [5, 5.41) is 11.1. The molecule has 1 saturated heterocycles. The molecule has 0 radical (unpaired) electrons. The Morgan fingerprint density at radius 2 is 2.33 bits per heavy atom. The molecule has 0 amide bonds. The van der Waals surface area contributed by atoms with Crippen molar-refractivity contribution in [2.75, 3.05) is 20.4 Å². The second-order valence-electron chi connectivity index (χ2n) is 6.05. The molecule has 1 aromatic heterocycles. The molecule has 0 aliphatic carbocycles. The highest BCUT2D eigenvalue weighted by Crippen LogP contribution is 2.38. The van der Waals surface area contributed by atoms with Gasteiger partial charge in [-0.05, 0) is 13.0 Å². The molecule has 0 aromatic carbocycles. The van der Waals surface area contributed by atoms with Gasteiger partial charge in [-0.3, -0.25) is 4.57 Å². The van der Waals surface area contributed by atoms with Gasteiger partial charge in [0.2, 0.25) is 6.35 Å². The van der Waals surface area contributed by atoms with Crippen LogP contribution >= 0.6 is 7.60 Å². The van der Waals surface area contributed by atoms with E-state index in [2.05, 4.69) is 9.98 Å². The molecule has 2 aliphatic heterocycles. The number of ether oxygens (including phenoxy) is 2. The molecule has 9 nitrogen and oxygen atoms in total. The molecule has 134 valence electrons. The normalized spacial score (nSPS) is 32.0. The van der Waals surface area contributed by atoms with Crippen LogP contribution in [0.1, 0.15) is 12.1 Å². The second-order valence-corrected chi connectivity index (χ2v) is 7.91. The molecule has 0 saturated carbocycles. The van der Waals surface area contributed by atoms with E-state index in [0.29, 0.717) is 11.9 Å². The SMILES string of the molecule is COC1C[C@H](N2C=c3cc(C)[nH]c3=NC2O)O[C@@H]1COP(C)(=O)O. The summed E-state index contributed by atoms with van der Waals surface area (Å²) in [6.45, 7) is 2.98. The number of aromatic nitrogens is 1. The number of nitrogens with one attached hydrogen (secondary N) is 1. The number of fused-ring (bicyclic) bond motifs is 1. The summed E-state index contributed by atoms with van der Waals surface area (Å²) in [5.74, 6) is 0. The first-order valence-corrected chi connectivity index (χ1v) is 9.63. The van der Waals surface area contributed by atoms with Crippen molar-refractivity contribution in [1.82, 2.24) is 9.88 Å². The summed E-state index contributed by atoms with van der Waals surface area (Å²) in [6, 6.07) is 1.93. The number of rotatable bonds is 5. The van der Waals surface area contributed by atoms with Crippen molar-refractivity contribution in [2.24, 2.45) is 4.99 Å². The molecule has 2 aliphatic rings. The Labute approximate surface area is 139 Å². The summed E-state index contributed by atoms with van der Waals surface area (Å²) in [4.78, 5) is 18.2. The Hall–Kier alpha value is -1.22. The fourth-order valence-electron chi connectivity index (χ4n) is 2.94. The number of hydrogen-bond donors (Lipinski definition) is 3. The monoisotopic (exact) mass is 359 g/mol. The first kappa shape index (κ1) is 17.6. The van der Waals surface area contributed by atoms with Gasteiger partial charge in [0.25, 0.3) is 0 Å². The predicted octanol–water partition coefficient (Wildman–Crippen LogP) is -0.766. The van der Waals surface area contributed by atoms with Crippen LogP contribution in [-0.4, -0.2) is 65.1 Å². The van der Waals surface area contributed by atoms with E-state index in [9.17, 15) is 14.6 Å². The van der Waals surface area contributed by atoms with Crippen molar-refractivity contribution in [1.29, 1.82) is 0 Å². The minimum atomic E-state index is -3.59. The summed E-state index contributed by atoms with van der Waals surface area (Å²) in [6.07, 6.45) is -0.0973. The number of hydrogen-bond acceptors (Lipinski definition) is 7. The van der Waals surface area contributed by atoms with E-state index < -0.39 is 26.3 Å². The van der Waals surface area contributed by atoms with Gasteiger partial charge >= 0.3 is 7.60 Å². The Morgan fingerprint density at radius 3 is 3.00 bits per heavy atom. The molecule has 5 atom stereocenters. The van der Waals surface area contributed by atoms with Crippen LogP contribution in [0, 0.1) is 6.92 Å². The first-order chi connectivity index (χ1) is 11.3. The molecule has 1 aromatic rings. The van der Waals surface area contributed by atoms with E-state index in [1.807, 2.05) is 13.0 Å². The van der Waals surface area contributed by atoms with Crippen LogP contribution in [0.4, 0.5) is 0 Å². The van der Waals surface area contributed by atoms with Crippen molar-refractivity contribution in [3.63, 3.8) is 0 Å². The third kappa shape index (κ3) is 3.72. The summed E-state index contributed by atoms with van der Waals surface area (Å²) in [5.41, 5.74) is 1.58. The zero-order valence-corrected chi connectivity index (χ0v) is 14.6. The summed E-state index contributed by atoms with van der Waals surface area (Å²) >= 11 is 0. The smallest absolute Gasteiger partial charge is 0.325 e. The van der Waals surface area contributed by atoms with E-state index in [-0.39, 0.29) is 12.7 Å². The van der Waals surface area contributed by atoms with Gasteiger partial charge in [0.1, 0.15) is 17.8 Å². The van der Waals surface area contributed by atoms with Crippen molar-refractivity contribution in [2.45, 2.75) is 38.1 Å². The lowest BCUT2D eigenvalue weighted by molar-refractivity contribution is -0.103. The van der Waals surface area contributed by atoms with Crippen LogP contribution in [0.3, 0.4) is 0 Å². The molecule has 0 spiro atoms. The van der Waals surface area contributed by atoms with Crippen LogP contribution < -0.4 is 10.7 Å². The lowest BCUT2D eigenvalue weighted by Gasteiger charge is -2.30. The first-order valence-electron chi connectivity index (χ1n) is 7.61. The van der Waals surface area contributed by atoms with E-state index in [1.54, 1.807) is 18.2 Å². The molecule has 24 heavy (non-hydrogen) atoms. The Bertz CT molecular complexity index is 759. The molecule has 3 heterocycles. The average Bonchev–Trinajstić information content (AvgIpc) is 3.05. The molecule has 0 bridgehead atoms. The maximum Gasteiger partial charge on any atom is 0.325 e. The molecule has 3 rings (SSSR count). The van der Waals surface area contributed by atoms with Crippen molar-refractivity contribution >= 4 is 13.8 Å². The number of methoxy groups -OCH3 is 1. The fourth-order valence-corrected chi connectivity index (χ4v) is 3.36. The van der Waals surface area contributed by atoms with Crippen molar-refractivity contribution in [3.05, 3.63) is 22.5 Å².